The van der Waals surface area contributed by atoms with E-state index in [4.69, 9.17) is 18.9 Å². The number of benzene rings is 1. The molecule has 8 heteroatoms. The number of aryl methyl sites for hydroxylation is 1. The van der Waals surface area contributed by atoms with Crippen LogP contribution in [-0.2, 0) is 35.1 Å². The van der Waals surface area contributed by atoms with E-state index in [1.165, 1.54) is 63.5 Å². The molecule has 0 atom stereocenters. The summed E-state index contributed by atoms with van der Waals surface area (Å²) in [6, 6.07) is 5.63. The van der Waals surface area contributed by atoms with Gasteiger partial charge >= 0.3 is 23.9 Å². The predicted octanol–water partition coefficient (Wildman–Crippen LogP) is 10.3. The molecule has 5 rings (SSSR count). The topological polar surface area (TPSA) is 105 Å². The van der Waals surface area contributed by atoms with Crippen molar-refractivity contribution in [1.29, 1.82) is 0 Å². The smallest absolute Gasteiger partial charge is 0.330 e. The summed E-state index contributed by atoms with van der Waals surface area (Å²) in [4.78, 5) is 49.5. The minimum absolute atomic E-state index is 0.127. The molecule has 0 spiro atoms. The van der Waals surface area contributed by atoms with Crippen LogP contribution in [0, 0.1) is 47.3 Å². The van der Waals surface area contributed by atoms with Crippen LogP contribution in [-0.4, -0.2) is 37.1 Å². The van der Waals surface area contributed by atoms with Crippen molar-refractivity contribution in [2.45, 2.75) is 142 Å². The normalized spacial score (nSPS) is 28.6. The lowest BCUT2D eigenvalue weighted by atomic mass is 9.68. The zero-order valence-corrected chi connectivity index (χ0v) is 32.9. The molecule has 0 amide bonds. The molecule has 1 aromatic carbocycles. The molecular formula is C46H66O8. The van der Waals surface area contributed by atoms with Crippen LogP contribution in [0.5, 0.6) is 11.5 Å². The van der Waals surface area contributed by atoms with E-state index in [-0.39, 0.29) is 35.7 Å². The zero-order chi connectivity index (χ0) is 38.3. The molecule has 0 radical (unpaired) electrons. The minimum atomic E-state index is -0.342. The van der Waals surface area contributed by atoms with Gasteiger partial charge in [-0.05, 0) is 162 Å². The van der Waals surface area contributed by atoms with E-state index in [1.54, 1.807) is 6.07 Å². The molecule has 0 N–H and O–H groups in total. The Bertz CT molecular complexity index is 1390. The average Bonchev–Trinajstić information content (AvgIpc) is 3.22. The standard InChI is InChI=1S/C46H66O8/c1-4-32-15-28-41(53-45(49)39-24-20-37(21-25-39)35-16-11-33(12-17-35)9-7-29-51-43(47)5-2)42(31-32)54-46(50)40-26-22-38(23-27-40)36-18-13-34(14-19-36)10-8-30-52-44(48)6-3/h5-6,15,28,31,33-40H,2-4,7-14,16-27,29-30H2,1H3/t33-,34-,35-,36-,37?,38?,39?,40?. The fraction of sp³-hybridized carbons (Fsp3) is 0.696. The van der Waals surface area contributed by atoms with Crippen molar-refractivity contribution in [3.63, 3.8) is 0 Å². The van der Waals surface area contributed by atoms with Crippen molar-refractivity contribution in [1.82, 2.24) is 0 Å². The molecule has 4 saturated carbocycles. The van der Waals surface area contributed by atoms with Gasteiger partial charge in [0.05, 0.1) is 25.0 Å². The molecule has 4 fully saturated rings. The van der Waals surface area contributed by atoms with E-state index < -0.39 is 0 Å². The summed E-state index contributed by atoms with van der Waals surface area (Å²) in [5.74, 6) is 3.60. The van der Waals surface area contributed by atoms with Crippen LogP contribution < -0.4 is 9.47 Å². The van der Waals surface area contributed by atoms with Crippen molar-refractivity contribution in [3.8, 4) is 11.5 Å². The maximum Gasteiger partial charge on any atom is 0.330 e. The second kappa shape index (κ2) is 21.6. The molecule has 8 nitrogen and oxygen atoms in total. The number of esters is 4. The third-order valence-electron chi connectivity index (χ3n) is 13.5. The van der Waals surface area contributed by atoms with Crippen LogP contribution in [0.1, 0.15) is 141 Å². The predicted molar refractivity (Wildman–Crippen MR) is 210 cm³/mol. The molecule has 0 saturated heterocycles. The fourth-order valence-electron chi connectivity index (χ4n) is 10.1. The van der Waals surface area contributed by atoms with Crippen molar-refractivity contribution in [3.05, 3.63) is 49.1 Å². The number of hydrogen-bond acceptors (Lipinski definition) is 8. The summed E-state index contributed by atoms with van der Waals surface area (Å²) in [7, 11) is 0. The van der Waals surface area contributed by atoms with Crippen LogP contribution in [0.4, 0.5) is 0 Å². The van der Waals surface area contributed by atoms with E-state index in [0.717, 1.165) is 101 Å². The fourth-order valence-corrected chi connectivity index (χ4v) is 10.1. The molecule has 0 aliphatic heterocycles. The highest BCUT2D eigenvalue weighted by Crippen LogP contribution is 2.44. The van der Waals surface area contributed by atoms with Crippen LogP contribution in [0.25, 0.3) is 0 Å². The SMILES string of the molecule is C=CC(=O)OCCC[C@H]1CC[C@H](C2CCC(C(=O)Oc3ccc(CC)cc3OC(=O)C3CCC([C@H]4CC[C@H](CCCOC(=O)C=C)CC4)CC3)CC2)CC1. The monoisotopic (exact) mass is 746 g/mol. The molecule has 0 aromatic heterocycles. The molecule has 4 aliphatic rings. The van der Waals surface area contributed by atoms with Gasteiger partial charge in [0.2, 0.25) is 0 Å². The van der Waals surface area contributed by atoms with Gasteiger partial charge in [0, 0.05) is 12.2 Å². The number of rotatable bonds is 17. The van der Waals surface area contributed by atoms with E-state index >= 15 is 0 Å². The van der Waals surface area contributed by atoms with E-state index in [0.29, 0.717) is 48.4 Å². The van der Waals surface area contributed by atoms with Gasteiger partial charge in [-0.3, -0.25) is 9.59 Å². The van der Waals surface area contributed by atoms with Crippen molar-refractivity contribution in [2.75, 3.05) is 13.2 Å². The van der Waals surface area contributed by atoms with E-state index in [2.05, 4.69) is 20.1 Å². The highest BCUT2D eigenvalue weighted by Gasteiger charge is 2.36. The van der Waals surface area contributed by atoms with Gasteiger partial charge in [-0.2, -0.15) is 0 Å². The highest BCUT2D eigenvalue weighted by atomic mass is 16.6. The lowest BCUT2D eigenvalue weighted by Gasteiger charge is -2.37. The third-order valence-corrected chi connectivity index (χ3v) is 13.5. The summed E-state index contributed by atoms with van der Waals surface area (Å²) in [6.07, 6.45) is 24.8. The Labute approximate surface area is 324 Å². The van der Waals surface area contributed by atoms with E-state index in [9.17, 15) is 19.2 Å². The maximum atomic E-state index is 13.5. The van der Waals surface area contributed by atoms with Gasteiger partial charge in [-0.15, -0.1) is 0 Å². The largest absolute Gasteiger partial charge is 0.463 e. The van der Waals surface area contributed by atoms with Gasteiger partial charge in [-0.25, -0.2) is 9.59 Å². The lowest BCUT2D eigenvalue weighted by molar-refractivity contribution is -0.143. The van der Waals surface area contributed by atoms with Gasteiger partial charge in [0.15, 0.2) is 11.5 Å². The second-order valence-corrected chi connectivity index (χ2v) is 16.8. The first-order valence-corrected chi connectivity index (χ1v) is 21.4. The van der Waals surface area contributed by atoms with E-state index in [1.807, 2.05) is 12.1 Å². The maximum absolute atomic E-state index is 13.5. The Kier molecular flexibility index (Phi) is 16.7. The van der Waals surface area contributed by atoms with Gasteiger partial charge in [0.1, 0.15) is 0 Å². The highest BCUT2D eigenvalue weighted by molar-refractivity contribution is 5.81. The van der Waals surface area contributed by atoms with Crippen LogP contribution in [0.3, 0.4) is 0 Å². The first kappa shape index (κ1) is 41.7. The number of ether oxygens (including phenoxy) is 4. The summed E-state index contributed by atoms with van der Waals surface area (Å²) in [5.41, 5.74) is 1.04. The molecule has 0 heterocycles. The number of carbonyl (C=O) groups is 4. The summed E-state index contributed by atoms with van der Waals surface area (Å²) >= 11 is 0. The van der Waals surface area contributed by atoms with Crippen LogP contribution in [0.2, 0.25) is 0 Å². The second-order valence-electron chi connectivity index (χ2n) is 16.8. The first-order chi connectivity index (χ1) is 26.3. The molecule has 4 aliphatic carbocycles. The Hall–Kier alpha value is -3.42. The summed E-state index contributed by atoms with van der Waals surface area (Å²) in [6.45, 7) is 9.91. The Balaban J connectivity index is 1.02. The average molecular weight is 747 g/mol. The molecule has 0 bridgehead atoms. The minimum Gasteiger partial charge on any atom is -0.463 e. The third kappa shape index (κ3) is 12.6. The first-order valence-electron chi connectivity index (χ1n) is 21.4. The molecule has 298 valence electrons. The number of carbonyl (C=O) groups excluding carboxylic acids is 4. The summed E-state index contributed by atoms with van der Waals surface area (Å²) < 4.78 is 22.3. The molecule has 1 aromatic rings. The van der Waals surface area contributed by atoms with Crippen LogP contribution in [0.15, 0.2) is 43.5 Å². The Morgan fingerprint density at radius 2 is 0.963 bits per heavy atom. The lowest BCUT2D eigenvalue weighted by Crippen LogP contribution is -2.31. The zero-order valence-electron chi connectivity index (χ0n) is 32.9. The summed E-state index contributed by atoms with van der Waals surface area (Å²) in [5, 5.41) is 0. The van der Waals surface area contributed by atoms with Crippen molar-refractivity contribution < 1.29 is 38.1 Å². The molecule has 54 heavy (non-hydrogen) atoms. The van der Waals surface area contributed by atoms with Crippen molar-refractivity contribution >= 4 is 23.9 Å². The molecule has 0 unspecified atom stereocenters. The van der Waals surface area contributed by atoms with Crippen molar-refractivity contribution in [2.24, 2.45) is 47.3 Å². The Morgan fingerprint density at radius 1 is 0.574 bits per heavy atom. The van der Waals surface area contributed by atoms with Crippen LogP contribution >= 0.6 is 0 Å². The van der Waals surface area contributed by atoms with Gasteiger partial charge in [-0.1, -0.05) is 51.8 Å². The van der Waals surface area contributed by atoms with Gasteiger partial charge in [0.25, 0.3) is 0 Å². The van der Waals surface area contributed by atoms with Gasteiger partial charge < -0.3 is 18.9 Å². The Morgan fingerprint density at radius 3 is 1.35 bits per heavy atom. The quantitative estimate of drug-likeness (QED) is 0.0671. The number of hydrogen-bond donors (Lipinski definition) is 0. The molecular weight excluding hydrogens is 680 g/mol.